The van der Waals surface area contributed by atoms with Crippen LogP contribution in [-0.2, 0) is 11.3 Å². The van der Waals surface area contributed by atoms with Crippen LogP contribution >= 0.6 is 0 Å². The van der Waals surface area contributed by atoms with Crippen molar-refractivity contribution in [2.24, 2.45) is 5.73 Å². The SMILES string of the molecule is CC1CN(Cc2ccc(C(C)CN)cc2)CC(C)O1. The Balaban J connectivity index is 1.95. The molecule has 2 N–H and O–H groups in total. The van der Waals surface area contributed by atoms with Crippen LogP contribution in [0.2, 0.25) is 0 Å². The monoisotopic (exact) mass is 262 g/mol. The Morgan fingerprint density at radius 1 is 1.21 bits per heavy atom. The van der Waals surface area contributed by atoms with E-state index in [0.717, 1.165) is 19.6 Å². The first-order valence-electron chi connectivity index (χ1n) is 7.25. The second-order valence-corrected chi connectivity index (χ2v) is 5.83. The number of rotatable bonds is 4. The molecule has 3 heteroatoms. The molecule has 0 aromatic heterocycles. The zero-order chi connectivity index (χ0) is 13.8. The molecular formula is C16H26N2O. The van der Waals surface area contributed by atoms with Gasteiger partial charge in [0.05, 0.1) is 12.2 Å². The lowest BCUT2D eigenvalue weighted by Gasteiger charge is -2.35. The predicted molar refractivity (Wildman–Crippen MR) is 79.2 cm³/mol. The molecule has 3 unspecified atom stereocenters. The van der Waals surface area contributed by atoms with Gasteiger partial charge < -0.3 is 10.5 Å². The quantitative estimate of drug-likeness (QED) is 0.905. The molecule has 0 saturated carbocycles. The average molecular weight is 262 g/mol. The number of nitrogens with two attached hydrogens (primary N) is 1. The molecule has 0 spiro atoms. The topological polar surface area (TPSA) is 38.5 Å². The molecule has 2 rings (SSSR count). The molecule has 1 fully saturated rings. The summed E-state index contributed by atoms with van der Waals surface area (Å²) in [6.45, 7) is 10.2. The summed E-state index contributed by atoms with van der Waals surface area (Å²) in [5.74, 6) is 0.442. The van der Waals surface area contributed by atoms with E-state index in [0.29, 0.717) is 24.7 Å². The largest absolute Gasteiger partial charge is 0.373 e. The van der Waals surface area contributed by atoms with Gasteiger partial charge in [-0.25, -0.2) is 0 Å². The first-order chi connectivity index (χ1) is 9.08. The molecule has 1 aliphatic rings. The first-order valence-corrected chi connectivity index (χ1v) is 7.25. The third-order valence-corrected chi connectivity index (χ3v) is 3.80. The molecule has 3 nitrogen and oxygen atoms in total. The summed E-state index contributed by atoms with van der Waals surface area (Å²) in [6, 6.07) is 8.87. The Bertz CT molecular complexity index is 380. The third-order valence-electron chi connectivity index (χ3n) is 3.80. The fourth-order valence-electron chi connectivity index (χ4n) is 2.76. The minimum Gasteiger partial charge on any atom is -0.373 e. The molecule has 106 valence electrons. The first kappa shape index (κ1) is 14.5. The lowest BCUT2D eigenvalue weighted by atomic mass is 10.00. The number of hydrogen-bond acceptors (Lipinski definition) is 3. The second-order valence-electron chi connectivity index (χ2n) is 5.83. The van der Waals surface area contributed by atoms with E-state index in [4.69, 9.17) is 10.5 Å². The van der Waals surface area contributed by atoms with E-state index >= 15 is 0 Å². The van der Waals surface area contributed by atoms with Gasteiger partial charge in [-0.15, -0.1) is 0 Å². The average Bonchev–Trinajstić information content (AvgIpc) is 2.37. The molecule has 0 aliphatic carbocycles. The number of morpholine rings is 1. The molecule has 0 amide bonds. The summed E-state index contributed by atoms with van der Waals surface area (Å²) in [5.41, 5.74) is 8.40. The van der Waals surface area contributed by atoms with Crippen LogP contribution in [0.1, 0.15) is 37.8 Å². The zero-order valence-electron chi connectivity index (χ0n) is 12.3. The summed E-state index contributed by atoms with van der Waals surface area (Å²) in [6.07, 6.45) is 0.667. The van der Waals surface area contributed by atoms with Gasteiger partial charge in [0.2, 0.25) is 0 Å². The molecule has 1 saturated heterocycles. The summed E-state index contributed by atoms with van der Waals surface area (Å²) < 4.78 is 5.76. The van der Waals surface area contributed by atoms with Crippen LogP contribution in [0.15, 0.2) is 24.3 Å². The van der Waals surface area contributed by atoms with Crippen LogP contribution in [0.5, 0.6) is 0 Å². The normalized spacial score (nSPS) is 26.3. The van der Waals surface area contributed by atoms with Gasteiger partial charge in [-0.1, -0.05) is 31.2 Å². The van der Waals surface area contributed by atoms with E-state index in [2.05, 4.69) is 49.9 Å². The number of benzene rings is 1. The number of hydrogen-bond donors (Lipinski definition) is 1. The van der Waals surface area contributed by atoms with E-state index in [9.17, 15) is 0 Å². The van der Waals surface area contributed by atoms with Crippen molar-refractivity contribution >= 4 is 0 Å². The summed E-state index contributed by atoms with van der Waals surface area (Å²) >= 11 is 0. The predicted octanol–water partition coefficient (Wildman–Crippen LogP) is 2.36. The molecule has 1 heterocycles. The summed E-state index contributed by atoms with van der Waals surface area (Å²) in [5, 5.41) is 0. The molecule has 19 heavy (non-hydrogen) atoms. The van der Waals surface area contributed by atoms with Crippen LogP contribution in [-0.4, -0.2) is 36.7 Å². The van der Waals surface area contributed by atoms with Gasteiger partial charge in [0, 0.05) is 19.6 Å². The van der Waals surface area contributed by atoms with Gasteiger partial charge in [0.15, 0.2) is 0 Å². The molecule has 1 aromatic carbocycles. The van der Waals surface area contributed by atoms with E-state index in [-0.39, 0.29) is 0 Å². The van der Waals surface area contributed by atoms with Crippen molar-refractivity contribution in [3.8, 4) is 0 Å². The smallest absolute Gasteiger partial charge is 0.0678 e. The van der Waals surface area contributed by atoms with Gasteiger partial charge in [0.25, 0.3) is 0 Å². The highest BCUT2D eigenvalue weighted by Gasteiger charge is 2.21. The Kier molecular flexibility index (Phi) is 4.97. The molecule has 1 aromatic rings. The Labute approximate surface area is 116 Å². The second kappa shape index (κ2) is 6.51. The van der Waals surface area contributed by atoms with Crippen LogP contribution in [0.3, 0.4) is 0 Å². The van der Waals surface area contributed by atoms with Crippen LogP contribution in [0.4, 0.5) is 0 Å². The van der Waals surface area contributed by atoms with Crippen molar-refractivity contribution < 1.29 is 4.74 Å². The Morgan fingerprint density at radius 2 is 1.79 bits per heavy atom. The molecule has 1 aliphatic heterocycles. The summed E-state index contributed by atoms with van der Waals surface area (Å²) in [7, 11) is 0. The fraction of sp³-hybridized carbons (Fsp3) is 0.625. The molecular weight excluding hydrogens is 236 g/mol. The van der Waals surface area contributed by atoms with Gasteiger partial charge in [-0.2, -0.15) is 0 Å². The van der Waals surface area contributed by atoms with E-state index in [1.54, 1.807) is 0 Å². The highest BCUT2D eigenvalue weighted by Crippen LogP contribution is 2.17. The highest BCUT2D eigenvalue weighted by atomic mass is 16.5. The highest BCUT2D eigenvalue weighted by molar-refractivity contribution is 5.25. The maximum absolute atomic E-state index is 5.76. The molecule has 0 bridgehead atoms. The Morgan fingerprint density at radius 3 is 2.32 bits per heavy atom. The van der Waals surface area contributed by atoms with Gasteiger partial charge >= 0.3 is 0 Å². The number of ether oxygens (including phenoxy) is 1. The molecule has 0 radical (unpaired) electrons. The maximum Gasteiger partial charge on any atom is 0.0678 e. The fourth-order valence-corrected chi connectivity index (χ4v) is 2.76. The van der Waals surface area contributed by atoms with Crippen LogP contribution in [0.25, 0.3) is 0 Å². The van der Waals surface area contributed by atoms with Crippen molar-refractivity contribution in [2.75, 3.05) is 19.6 Å². The van der Waals surface area contributed by atoms with E-state index in [1.807, 2.05) is 0 Å². The zero-order valence-corrected chi connectivity index (χ0v) is 12.3. The van der Waals surface area contributed by atoms with Crippen molar-refractivity contribution in [1.29, 1.82) is 0 Å². The third kappa shape index (κ3) is 4.03. The number of nitrogens with zero attached hydrogens (tertiary/aromatic N) is 1. The van der Waals surface area contributed by atoms with Gasteiger partial charge in [0.1, 0.15) is 0 Å². The van der Waals surface area contributed by atoms with Gasteiger partial charge in [-0.3, -0.25) is 4.90 Å². The molecule has 3 atom stereocenters. The van der Waals surface area contributed by atoms with E-state index in [1.165, 1.54) is 11.1 Å². The van der Waals surface area contributed by atoms with Gasteiger partial charge in [-0.05, 0) is 37.4 Å². The standard InChI is InChI=1S/C16H26N2O/c1-12(8-17)16-6-4-15(5-7-16)11-18-9-13(2)19-14(3)10-18/h4-7,12-14H,8-11,17H2,1-3H3. The van der Waals surface area contributed by atoms with Crippen molar-refractivity contribution in [1.82, 2.24) is 4.90 Å². The van der Waals surface area contributed by atoms with Crippen molar-refractivity contribution in [3.63, 3.8) is 0 Å². The van der Waals surface area contributed by atoms with Crippen molar-refractivity contribution in [3.05, 3.63) is 35.4 Å². The van der Waals surface area contributed by atoms with E-state index < -0.39 is 0 Å². The minimum atomic E-state index is 0.334. The Hall–Kier alpha value is -0.900. The van der Waals surface area contributed by atoms with Crippen LogP contribution < -0.4 is 5.73 Å². The summed E-state index contributed by atoms with van der Waals surface area (Å²) in [4.78, 5) is 2.47. The maximum atomic E-state index is 5.76. The van der Waals surface area contributed by atoms with Crippen molar-refractivity contribution in [2.45, 2.75) is 45.4 Å². The minimum absolute atomic E-state index is 0.334. The lowest BCUT2D eigenvalue weighted by Crippen LogP contribution is -2.44. The lowest BCUT2D eigenvalue weighted by molar-refractivity contribution is -0.0704. The van der Waals surface area contributed by atoms with Crippen LogP contribution in [0, 0.1) is 0 Å².